The van der Waals surface area contributed by atoms with Gasteiger partial charge in [0, 0.05) is 10.4 Å². The Kier molecular flexibility index (Phi) is 3.13. The minimum Gasteiger partial charge on any atom is -0.192 e. The molecule has 1 rings (SSSR count). The summed E-state index contributed by atoms with van der Waals surface area (Å²) < 4.78 is 0. The van der Waals surface area contributed by atoms with E-state index in [0.29, 0.717) is 15.9 Å². The van der Waals surface area contributed by atoms with Gasteiger partial charge in [-0.2, -0.15) is 5.26 Å². The lowest BCUT2D eigenvalue weighted by atomic mass is 10.1. The Morgan fingerprint density at radius 2 is 2.25 bits per heavy atom. The Morgan fingerprint density at radius 3 is 2.75 bits per heavy atom. The number of benzene rings is 1. The van der Waals surface area contributed by atoms with E-state index < -0.39 is 0 Å². The number of rotatable bonds is 1. The van der Waals surface area contributed by atoms with Gasteiger partial charge in [0.25, 0.3) is 0 Å². The van der Waals surface area contributed by atoms with Gasteiger partial charge in [0.05, 0.1) is 11.6 Å². The fraction of sp³-hybridized carbons (Fsp3) is 0.222. The van der Waals surface area contributed by atoms with E-state index in [9.17, 15) is 0 Å². The van der Waals surface area contributed by atoms with E-state index in [2.05, 4.69) is 22.0 Å². The highest BCUT2D eigenvalue weighted by atomic mass is 79.9. The number of hydrogen-bond donors (Lipinski definition) is 0. The van der Waals surface area contributed by atoms with Crippen LogP contribution in [0.4, 0.5) is 0 Å². The first-order valence-electron chi connectivity index (χ1n) is 3.44. The molecule has 0 aliphatic carbocycles. The predicted molar refractivity (Wildman–Crippen MR) is 53.5 cm³/mol. The molecule has 1 aromatic carbocycles. The molecule has 3 heteroatoms. The standard InChI is InChI=1S/C9H7BrClN/c1-6-2-9(11)7(4-10)3-8(6)5-12/h2-3H,4H2,1H3. The Hall–Kier alpha value is -0.520. The molecule has 0 aromatic heterocycles. The molecular weight excluding hydrogens is 237 g/mol. The summed E-state index contributed by atoms with van der Waals surface area (Å²) in [6.45, 7) is 1.88. The second kappa shape index (κ2) is 3.93. The number of hydrogen-bond acceptors (Lipinski definition) is 1. The van der Waals surface area contributed by atoms with Crippen LogP contribution in [-0.2, 0) is 5.33 Å². The van der Waals surface area contributed by atoms with Crippen LogP contribution >= 0.6 is 27.5 Å². The number of halogens is 2. The molecule has 0 heterocycles. The first kappa shape index (κ1) is 9.57. The van der Waals surface area contributed by atoms with Gasteiger partial charge < -0.3 is 0 Å². The topological polar surface area (TPSA) is 23.8 Å². The van der Waals surface area contributed by atoms with Crippen LogP contribution in [0.2, 0.25) is 5.02 Å². The van der Waals surface area contributed by atoms with Crippen LogP contribution in [0, 0.1) is 18.3 Å². The first-order valence-corrected chi connectivity index (χ1v) is 4.94. The minimum absolute atomic E-state index is 0.681. The highest BCUT2D eigenvalue weighted by molar-refractivity contribution is 9.08. The van der Waals surface area contributed by atoms with Crippen molar-refractivity contribution >= 4 is 27.5 Å². The van der Waals surface area contributed by atoms with E-state index in [0.717, 1.165) is 11.1 Å². The first-order chi connectivity index (χ1) is 5.69. The molecule has 62 valence electrons. The summed E-state index contributed by atoms with van der Waals surface area (Å²) in [7, 11) is 0. The quantitative estimate of drug-likeness (QED) is 0.695. The van der Waals surface area contributed by atoms with Gasteiger partial charge in [-0.25, -0.2) is 0 Å². The van der Waals surface area contributed by atoms with Gasteiger partial charge in [0.1, 0.15) is 0 Å². The monoisotopic (exact) mass is 243 g/mol. The van der Waals surface area contributed by atoms with Gasteiger partial charge in [0.15, 0.2) is 0 Å². The van der Waals surface area contributed by atoms with Gasteiger partial charge in [-0.1, -0.05) is 27.5 Å². The Bertz CT molecular complexity index is 341. The van der Waals surface area contributed by atoms with Crippen molar-refractivity contribution in [1.29, 1.82) is 5.26 Å². The summed E-state index contributed by atoms with van der Waals surface area (Å²) in [5.41, 5.74) is 2.57. The van der Waals surface area contributed by atoms with Crippen molar-refractivity contribution in [3.8, 4) is 6.07 Å². The summed E-state index contributed by atoms with van der Waals surface area (Å²) in [4.78, 5) is 0. The van der Waals surface area contributed by atoms with Gasteiger partial charge in [-0.05, 0) is 30.2 Å². The van der Waals surface area contributed by atoms with Crippen molar-refractivity contribution in [3.05, 3.63) is 33.8 Å². The summed E-state index contributed by atoms with van der Waals surface area (Å²) in [5.74, 6) is 0. The zero-order valence-corrected chi connectivity index (χ0v) is 8.91. The van der Waals surface area contributed by atoms with Crippen LogP contribution < -0.4 is 0 Å². The average molecular weight is 245 g/mol. The second-order valence-electron chi connectivity index (χ2n) is 2.50. The number of aryl methyl sites for hydroxylation is 1. The van der Waals surface area contributed by atoms with Crippen LogP contribution in [0.5, 0.6) is 0 Å². The summed E-state index contributed by atoms with van der Waals surface area (Å²) in [6.07, 6.45) is 0. The average Bonchev–Trinajstić information content (AvgIpc) is 2.05. The number of nitriles is 1. The Labute approximate surface area is 85.1 Å². The maximum absolute atomic E-state index is 8.72. The van der Waals surface area contributed by atoms with Crippen molar-refractivity contribution in [3.63, 3.8) is 0 Å². The van der Waals surface area contributed by atoms with Crippen molar-refractivity contribution in [2.75, 3.05) is 0 Å². The molecule has 0 atom stereocenters. The van der Waals surface area contributed by atoms with E-state index >= 15 is 0 Å². The molecule has 1 aromatic rings. The molecule has 0 saturated carbocycles. The Morgan fingerprint density at radius 1 is 1.58 bits per heavy atom. The molecule has 0 amide bonds. The van der Waals surface area contributed by atoms with Crippen LogP contribution in [0.1, 0.15) is 16.7 Å². The third-order valence-electron chi connectivity index (χ3n) is 1.66. The molecule has 0 radical (unpaired) electrons. The summed E-state index contributed by atoms with van der Waals surface area (Å²) >= 11 is 9.22. The van der Waals surface area contributed by atoms with Crippen molar-refractivity contribution in [1.82, 2.24) is 0 Å². The molecular formula is C9H7BrClN. The van der Waals surface area contributed by atoms with Crippen LogP contribution in [0.15, 0.2) is 12.1 Å². The van der Waals surface area contributed by atoms with Gasteiger partial charge in [-0.3, -0.25) is 0 Å². The van der Waals surface area contributed by atoms with E-state index in [4.69, 9.17) is 16.9 Å². The molecule has 12 heavy (non-hydrogen) atoms. The van der Waals surface area contributed by atoms with Gasteiger partial charge >= 0.3 is 0 Å². The molecule has 0 N–H and O–H groups in total. The maximum Gasteiger partial charge on any atom is 0.0994 e. The third kappa shape index (κ3) is 1.80. The molecule has 0 aliphatic heterocycles. The Balaban J connectivity index is 3.30. The summed E-state index contributed by atoms with van der Waals surface area (Å²) in [5, 5.41) is 10.1. The van der Waals surface area contributed by atoms with E-state index in [1.54, 1.807) is 0 Å². The second-order valence-corrected chi connectivity index (χ2v) is 3.47. The van der Waals surface area contributed by atoms with Crippen molar-refractivity contribution < 1.29 is 0 Å². The highest BCUT2D eigenvalue weighted by Crippen LogP contribution is 2.22. The molecule has 0 fully saturated rings. The van der Waals surface area contributed by atoms with Crippen molar-refractivity contribution in [2.24, 2.45) is 0 Å². The largest absolute Gasteiger partial charge is 0.192 e. The SMILES string of the molecule is Cc1cc(Cl)c(CBr)cc1C#N. The molecule has 0 aliphatic rings. The molecule has 0 spiro atoms. The number of nitrogens with zero attached hydrogens (tertiary/aromatic N) is 1. The lowest BCUT2D eigenvalue weighted by Gasteiger charge is -2.02. The molecule has 1 nitrogen and oxygen atoms in total. The van der Waals surface area contributed by atoms with Gasteiger partial charge in [0.2, 0.25) is 0 Å². The van der Waals surface area contributed by atoms with Crippen LogP contribution in [0.3, 0.4) is 0 Å². The molecule has 0 saturated heterocycles. The molecule has 0 bridgehead atoms. The smallest absolute Gasteiger partial charge is 0.0994 e. The fourth-order valence-corrected chi connectivity index (χ4v) is 1.85. The molecule has 0 unspecified atom stereocenters. The third-order valence-corrected chi connectivity index (χ3v) is 2.61. The minimum atomic E-state index is 0.681. The van der Waals surface area contributed by atoms with E-state index in [1.807, 2.05) is 19.1 Å². The van der Waals surface area contributed by atoms with Crippen molar-refractivity contribution in [2.45, 2.75) is 12.3 Å². The van der Waals surface area contributed by atoms with Gasteiger partial charge in [-0.15, -0.1) is 0 Å². The lowest BCUT2D eigenvalue weighted by Crippen LogP contribution is -1.87. The van der Waals surface area contributed by atoms with Crippen LogP contribution in [0.25, 0.3) is 0 Å². The van der Waals surface area contributed by atoms with E-state index in [-0.39, 0.29) is 0 Å². The normalized spacial score (nSPS) is 9.50. The summed E-state index contributed by atoms with van der Waals surface area (Å²) in [6, 6.07) is 5.75. The van der Waals surface area contributed by atoms with E-state index in [1.165, 1.54) is 0 Å². The zero-order valence-electron chi connectivity index (χ0n) is 6.56. The fourth-order valence-electron chi connectivity index (χ4n) is 0.940. The maximum atomic E-state index is 8.72. The lowest BCUT2D eigenvalue weighted by molar-refractivity contribution is 1.33. The number of alkyl halides is 1. The predicted octanol–water partition coefficient (Wildman–Crippen LogP) is 3.42. The van der Waals surface area contributed by atoms with Crippen LogP contribution in [-0.4, -0.2) is 0 Å². The highest BCUT2D eigenvalue weighted by Gasteiger charge is 2.03. The zero-order chi connectivity index (χ0) is 9.14.